The highest BCUT2D eigenvalue weighted by atomic mass is 35.5. The molecule has 32 heavy (non-hydrogen) atoms. The molecule has 1 amide bonds. The number of halogens is 1. The highest BCUT2D eigenvalue weighted by Crippen LogP contribution is 2.22. The number of amides is 1. The number of anilines is 1. The molecule has 1 aromatic carbocycles. The second-order valence-corrected chi connectivity index (χ2v) is 7.68. The summed E-state index contributed by atoms with van der Waals surface area (Å²) in [5.41, 5.74) is 0.744. The molecular weight excluding hydrogens is 432 g/mol. The smallest absolute Gasteiger partial charge is 0.407 e. The molecule has 1 heterocycles. The van der Waals surface area contributed by atoms with Crippen LogP contribution in [0.1, 0.15) is 38.8 Å². The highest BCUT2D eigenvalue weighted by molar-refractivity contribution is 6.30. The Kier molecular flexibility index (Phi) is 10.2. The molecular formula is C23H29ClN4O4. The summed E-state index contributed by atoms with van der Waals surface area (Å²) in [5, 5.41) is 6.21. The van der Waals surface area contributed by atoms with E-state index in [0.717, 1.165) is 5.56 Å². The maximum absolute atomic E-state index is 12.1. The molecule has 0 spiro atoms. The maximum atomic E-state index is 12.1. The topological polar surface area (TPSA) is 94.6 Å². The van der Waals surface area contributed by atoms with Gasteiger partial charge in [0.1, 0.15) is 29.5 Å². The Hall–Kier alpha value is -2.86. The van der Waals surface area contributed by atoms with Crippen LogP contribution >= 0.6 is 11.6 Å². The summed E-state index contributed by atoms with van der Waals surface area (Å²) in [6.45, 7) is 8.92. The Balaban J connectivity index is 2.01. The summed E-state index contributed by atoms with van der Waals surface area (Å²) in [5.74, 6) is 6.28. The fraction of sp³-hybridized carbons (Fsp3) is 0.435. The SMILES string of the molecule is CCOC(C#Cc1c(Cl)ncnc1NC(C)(C)CNC(=O)OCc1ccccc1)OCC. The van der Waals surface area contributed by atoms with E-state index in [9.17, 15) is 4.79 Å². The molecule has 172 valence electrons. The summed E-state index contributed by atoms with van der Waals surface area (Å²) in [6.07, 6.45) is 0.152. The molecule has 0 bridgehead atoms. The minimum absolute atomic E-state index is 0.197. The average molecular weight is 461 g/mol. The van der Waals surface area contributed by atoms with Crippen molar-refractivity contribution in [3.63, 3.8) is 0 Å². The van der Waals surface area contributed by atoms with Gasteiger partial charge in [0.05, 0.1) is 5.54 Å². The lowest BCUT2D eigenvalue weighted by molar-refractivity contribution is -0.0969. The molecule has 0 fully saturated rings. The summed E-state index contributed by atoms with van der Waals surface area (Å²) in [6, 6.07) is 9.47. The zero-order valence-electron chi connectivity index (χ0n) is 18.8. The van der Waals surface area contributed by atoms with Gasteiger partial charge >= 0.3 is 6.09 Å². The van der Waals surface area contributed by atoms with E-state index in [1.807, 2.05) is 58.0 Å². The Bertz CT molecular complexity index is 923. The molecule has 2 rings (SSSR count). The van der Waals surface area contributed by atoms with Crippen LogP contribution in [0.25, 0.3) is 0 Å². The largest absolute Gasteiger partial charge is 0.445 e. The number of carbonyl (C=O) groups excluding carboxylic acids is 1. The monoisotopic (exact) mass is 460 g/mol. The molecule has 2 N–H and O–H groups in total. The van der Waals surface area contributed by atoms with Gasteiger partial charge in [-0.05, 0) is 39.2 Å². The molecule has 0 aliphatic carbocycles. The first kappa shape index (κ1) is 25.4. The lowest BCUT2D eigenvalue weighted by atomic mass is 10.1. The number of ether oxygens (including phenoxy) is 3. The Morgan fingerprint density at radius 1 is 1.16 bits per heavy atom. The van der Waals surface area contributed by atoms with Crippen LogP contribution in [-0.2, 0) is 20.8 Å². The zero-order chi connectivity index (χ0) is 23.4. The molecule has 9 heteroatoms. The van der Waals surface area contributed by atoms with Crippen molar-refractivity contribution in [3.8, 4) is 11.8 Å². The third kappa shape index (κ3) is 8.71. The standard InChI is InChI=1S/C23H29ClN4O4/c1-5-30-19(31-6-2)13-12-18-20(24)26-16-27-21(18)28-23(3,4)15-25-22(29)32-14-17-10-8-7-9-11-17/h7-11,16,19H,5-6,14-15H2,1-4H3,(H,25,29)(H,26,27,28). The van der Waals surface area contributed by atoms with Crippen LogP contribution < -0.4 is 10.6 Å². The van der Waals surface area contributed by atoms with Crippen LogP contribution in [0.3, 0.4) is 0 Å². The fourth-order valence-electron chi connectivity index (χ4n) is 2.57. The van der Waals surface area contributed by atoms with Gasteiger partial charge in [0.25, 0.3) is 0 Å². The van der Waals surface area contributed by atoms with Crippen molar-refractivity contribution in [2.24, 2.45) is 0 Å². The van der Waals surface area contributed by atoms with Crippen molar-refractivity contribution in [2.75, 3.05) is 25.1 Å². The summed E-state index contributed by atoms with van der Waals surface area (Å²) in [7, 11) is 0. The van der Waals surface area contributed by atoms with Gasteiger partial charge in [-0.15, -0.1) is 0 Å². The molecule has 0 saturated heterocycles. The predicted octanol–water partition coefficient (Wildman–Crippen LogP) is 4.00. The zero-order valence-corrected chi connectivity index (χ0v) is 19.5. The van der Waals surface area contributed by atoms with Crippen LogP contribution in [0.15, 0.2) is 36.7 Å². The van der Waals surface area contributed by atoms with Crippen molar-refractivity contribution in [1.29, 1.82) is 0 Å². The van der Waals surface area contributed by atoms with E-state index in [4.69, 9.17) is 25.8 Å². The highest BCUT2D eigenvalue weighted by Gasteiger charge is 2.22. The second-order valence-electron chi connectivity index (χ2n) is 7.32. The van der Waals surface area contributed by atoms with Crippen LogP contribution in [0.5, 0.6) is 0 Å². The number of hydrogen-bond donors (Lipinski definition) is 2. The van der Waals surface area contributed by atoms with Crippen LogP contribution in [0.2, 0.25) is 5.15 Å². The normalized spacial score (nSPS) is 10.9. The van der Waals surface area contributed by atoms with Gasteiger partial charge in [-0.2, -0.15) is 0 Å². The number of nitrogens with zero attached hydrogens (tertiary/aromatic N) is 2. The van der Waals surface area contributed by atoms with Gasteiger partial charge < -0.3 is 24.8 Å². The number of rotatable bonds is 10. The molecule has 1 aromatic heterocycles. The van der Waals surface area contributed by atoms with E-state index in [-0.39, 0.29) is 18.3 Å². The third-order valence-corrected chi connectivity index (χ3v) is 4.38. The lowest BCUT2D eigenvalue weighted by Crippen LogP contribution is -2.44. The van der Waals surface area contributed by atoms with Gasteiger partial charge in [-0.1, -0.05) is 47.9 Å². The van der Waals surface area contributed by atoms with Crippen LogP contribution in [-0.4, -0.2) is 47.6 Å². The van der Waals surface area contributed by atoms with E-state index < -0.39 is 17.9 Å². The third-order valence-electron chi connectivity index (χ3n) is 4.10. The van der Waals surface area contributed by atoms with Gasteiger partial charge in [0.15, 0.2) is 0 Å². The first-order valence-electron chi connectivity index (χ1n) is 10.3. The summed E-state index contributed by atoms with van der Waals surface area (Å²) < 4.78 is 16.1. The Labute approximate surface area is 194 Å². The minimum atomic E-state index is -0.678. The number of alkyl carbamates (subject to hydrolysis) is 1. The lowest BCUT2D eigenvalue weighted by Gasteiger charge is -2.27. The number of aromatic nitrogens is 2. The molecule has 0 radical (unpaired) electrons. The Morgan fingerprint density at radius 2 is 1.84 bits per heavy atom. The van der Waals surface area contributed by atoms with E-state index in [1.54, 1.807) is 0 Å². The van der Waals surface area contributed by atoms with Crippen molar-refractivity contribution in [3.05, 3.63) is 52.9 Å². The van der Waals surface area contributed by atoms with Crippen LogP contribution in [0.4, 0.5) is 10.6 Å². The fourth-order valence-corrected chi connectivity index (χ4v) is 2.75. The van der Waals surface area contributed by atoms with E-state index in [2.05, 4.69) is 32.4 Å². The van der Waals surface area contributed by atoms with Gasteiger partial charge in [-0.25, -0.2) is 14.8 Å². The van der Waals surface area contributed by atoms with Crippen molar-refractivity contribution in [1.82, 2.24) is 15.3 Å². The molecule has 0 aliphatic heterocycles. The van der Waals surface area contributed by atoms with Crippen LogP contribution in [0, 0.1) is 11.8 Å². The molecule has 0 atom stereocenters. The molecule has 0 aliphatic rings. The van der Waals surface area contributed by atoms with E-state index in [1.165, 1.54) is 6.33 Å². The molecule has 0 unspecified atom stereocenters. The number of hydrogen-bond acceptors (Lipinski definition) is 7. The van der Waals surface area contributed by atoms with Crippen molar-refractivity contribution < 1.29 is 19.0 Å². The molecule has 0 saturated carbocycles. The Morgan fingerprint density at radius 3 is 2.50 bits per heavy atom. The van der Waals surface area contributed by atoms with Crippen molar-refractivity contribution >= 4 is 23.5 Å². The van der Waals surface area contributed by atoms with Gasteiger partial charge in [0, 0.05) is 19.8 Å². The molecule has 8 nitrogen and oxygen atoms in total. The van der Waals surface area contributed by atoms with E-state index >= 15 is 0 Å². The number of benzene rings is 1. The van der Waals surface area contributed by atoms with Crippen molar-refractivity contribution in [2.45, 2.75) is 46.1 Å². The summed E-state index contributed by atoms with van der Waals surface area (Å²) >= 11 is 6.26. The maximum Gasteiger partial charge on any atom is 0.407 e. The number of carbonyl (C=O) groups is 1. The van der Waals surface area contributed by atoms with E-state index in [0.29, 0.717) is 24.6 Å². The minimum Gasteiger partial charge on any atom is -0.445 e. The second kappa shape index (κ2) is 12.9. The number of nitrogens with one attached hydrogen (secondary N) is 2. The average Bonchev–Trinajstić information content (AvgIpc) is 2.76. The summed E-state index contributed by atoms with van der Waals surface area (Å²) in [4.78, 5) is 20.3. The molecule has 2 aromatic rings. The first-order chi connectivity index (χ1) is 15.3. The predicted molar refractivity (Wildman–Crippen MR) is 123 cm³/mol. The quantitative estimate of drug-likeness (QED) is 0.314. The first-order valence-corrected chi connectivity index (χ1v) is 10.7. The van der Waals surface area contributed by atoms with Gasteiger partial charge in [0.2, 0.25) is 6.29 Å². The van der Waals surface area contributed by atoms with Gasteiger partial charge in [-0.3, -0.25) is 0 Å².